The van der Waals surface area contributed by atoms with Crippen molar-refractivity contribution in [1.29, 1.82) is 0 Å². The van der Waals surface area contributed by atoms with E-state index in [1.807, 2.05) is 0 Å². The molecule has 0 bridgehead atoms. The predicted molar refractivity (Wildman–Crippen MR) is 161 cm³/mol. The molecule has 244 valence electrons. The third kappa shape index (κ3) is 14.3. The van der Waals surface area contributed by atoms with Gasteiger partial charge in [0.1, 0.15) is 11.2 Å². The molecule has 43 heavy (non-hydrogen) atoms. The first-order chi connectivity index (χ1) is 19.9. The molecule has 2 rings (SSSR count). The first-order valence-electron chi connectivity index (χ1n) is 14.9. The summed E-state index contributed by atoms with van der Waals surface area (Å²) in [7, 11) is 0. The molecule has 4 atom stereocenters. The number of amides is 4. The number of alkyl carbamates (subject to hydrolysis) is 2. The van der Waals surface area contributed by atoms with E-state index >= 15 is 0 Å². The summed E-state index contributed by atoms with van der Waals surface area (Å²) < 4.78 is 10.6. The molecule has 2 aliphatic carbocycles. The predicted octanol–water partition coefficient (Wildman–Crippen LogP) is 3.82. The summed E-state index contributed by atoms with van der Waals surface area (Å²) >= 11 is 6.50. The molecule has 2 saturated carbocycles. The molecule has 2 aliphatic rings. The SMILES string of the molecule is CC(C)(C)OC(=O)NC(=NC1CCC(Cl)C(C(=O)NCC(=O)NC(CC(=O)O)C2CCCCC2)C1)NC(=O)OC(C)(C)C. The fourth-order valence-corrected chi connectivity index (χ4v) is 5.54. The number of nitrogens with zero attached hydrogens (tertiary/aromatic N) is 1. The van der Waals surface area contributed by atoms with Crippen LogP contribution in [0.1, 0.15) is 99.3 Å². The van der Waals surface area contributed by atoms with Crippen LogP contribution >= 0.6 is 11.6 Å². The molecule has 0 radical (unpaired) electrons. The Morgan fingerprint density at radius 2 is 1.44 bits per heavy atom. The Hall–Kier alpha value is -3.09. The Morgan fingerprint density at radius 3 is 1.95 bits per heavy atom. The second kappa shape index (κ2) is 16.1. The van der Waals surface area contributed by atoms with Crippen molar-refractivity contribution in [1.82, 2.24) is 21.3 Å². The first kappa shape index (κ1) is 36.1. The van der Waals surface area contributed by atoms with Crippen LogP contribution in [0.4, 0.5) is 9.59 Å². The number of aliphatic carboxylic acids is 1. The lowest BCUT2D eigenvalue weighted by atomic mass is 9.82. The van der Waals surface area contributed by atoms with Crippen LogP contribution in [0.2, 0.25) is 0 Å². The molecular weight excluding hydrogens is 582 g/mol. The van der Waals surface area contributed by atoms with Gasteiger partial charge in [-0.3, -0.25) is 25.0 Å². The lowest BCUT2D eigenvalue weighted by Gasteiger charge is -2.31. The Labute approximate surface area is 258 Å². The number of rotatable bonds is 8. The van der Waals surface area contributed by atoms with Crippen LogP contribution in [0.3, 0.4) is 0 Å². The van der Waals surface area contributed by atoms with Crippen LogP contribution in [-0.2, 0) is 23.9 Å². The number of carbonyl (C=O) groups excluding carboxylic acids is 4. The zero-order chi connectivity index (χ0) is 32.4. The van der Waals surface area contributed by atoms with E-state index in [9.17, 15) is 29.1 Å². The summed E-state index contributed by atoms with van der Waals surface area (Å²) in [6.45, 7) is 9.84. The Kier molecular flexibility index (Phi) is 13.5. The number of ether oxygens (including phenoxy) is 2. The summed E-state index contributed by atoms with van der Waals surface area (Å²) in [5, 5.41) is 19.1. The Morgan fingerprint density at radius 1 is 0.884 bits per heavy atom. The molecular formula is C29H48ClN5O8. The van der Waals surface area contributed by atoms with E-state index in [1.54, 1.807) is 41.5 Å². The first-order valence-corrected chi connectivity index (χ1v) is 15.4. The lowest BCUT2D eigenvalue weighted by molar-refractivity contribution is -0.138. The normalized spacial score (nSPS) is 21.9. The van der Waals surface area contributed by atoms with Gasteiger partial charge < -0.3 is 25.2 Å². The van der Waals surface area contributed by atoms with Crippen molar-refractivity contribution < 1.29 is 38.6 Å². The molecule has 5 N–H and O–H groups in total. The molecule has 0 heterocycles. The number of carboxylic acid groups (broad SMARTS) is 1. The summed E-state index contributed by atoms with van der Waals surface area (Å²) in [5.74, 6) is -2.69. The van der Waals surface area contributed by atoms with Crippen molar-refractivity contribution >= 4 is 47.5 Å². The fraction of sp³-hybridized carbons (Fsp3) is 0.793. The number of aliphatic imine (C=N–C) groups is 1. The highest BCUT2D eigenvalue weighted by Crippen LogP contribution is 2.31. The second-order valence-corrected chi connectivity index (χ2v) is 13.8. The van der Waals surface area contributed by atoms with E-state index in [4.69, 9.17) is 21.1 Å². The van der Waals surface area contributed by atoms with Crippen LogP contribution in [0.25, 0.3) is 0 Å². The molecule has 0 aromatic rings. The topological polar surface area (TPSA) is 185 Å². The molecule has 4 amide bonds. The van der Waals surface area contributed by atoms with Crippen LogP contribution in [-0.4, -0.2) is 76.2 Å². The van der Waals surface area contributed by atoms with Gasteiger partial charge in [-0.1, -0.05) is 19.3 Å². The molecule has 14 heteroatoms. The third-order valence-electron chi connectivity index (χ3n) is 7.01. The van der Waals surface area contributed by atoms with Crippen molar-refractivity contribution in [2.75, 3.05) is 6.54 Å². The molecule has 4 unspecified atom stereocenters. The molecule has 0 saturated heterocycles. The van der Waals surface area contributed by atoms with Gasteiger partial charge in [0.2, 0.25) is 17.8 Å². The van der Waals surface area contributed by atoms with Gasteiger partial charge in [-0.05, 0) is 79.6 Å². The smallest absolute Gasteiger partial charge is 0.414 e. The number of alkyl halides is 1. The highest BCUT2D eigenvalue weighted by atomic mass is 35.5. The maximum atomic E-state index is 13.1. The zero-order valence-electron chi connectivity index (χ0n) is 26.1. The summed E-state index contributed by atoms with van der Waals surface area (Å²) in [4.78, 5) is 66.5. The summed E-state index contributed by atoms with van der Waals surface area (Å²) in [6, 6.07) is -0.990. The molecule has 0 aromatic heterocycles. The monoisotopic (exact) mass is 629 g/mol. The van der Waals surface area contributed by atoms with Crippen molar-refractivity contribution in [3.05, 3.63) is 0 Å². The van der Waals surface area contributed by atoms with Crippen LogP contribution in [0.15, 0.2) is 4.99 Å². The van der Waals surface area contributed by atoms with E-state index < -0.39 is 64.6 Å². The summed E-state index contributed by atoms with van der Waals surface area (Å²) in [6.07, 6.45) is 4.07. The van der Waals surface area contributed by atoms with Crippen LogP contribution in [0.5, 0.6) is 0 Å². The minimum atomic E-state index is -0.986. The molecule has 0 aliphatic heterocycles. The fourth-order valence-electron chi connectivity index (χ4n) is 5.20. The van der Waals surface area contributed by atoms with Gasteiger partial charge in [0, 0.05) is 11.4 Å². The van der Waals surface area contributed by atoms with Gasteiger partial charge in [0.05, 0.1) is 24.9 Å². The number of nitrogens with one attached hydrogen (secondary N) is 4. The van der Waals surface area contributed by atoms with E-state index in [1.165, 1.54) is 0 Å². The molecule has 2 fully saturated rings. The largest absolute Gasteiger partial charge is 0.481 e. The molecule has 0 aromatic carbocycles. The highest BCUT2D eigenvalue weighted by Gasteiger charge is 2.35. The Bertz CT molecular complexity index is 1000. The zero-order valence-corrected chi connectivity index (χ0v) is 26.8. The van der Waals surface area contributed by atoms with Gasteiger partial charge in [-0.15, -0.1) is 11.6 Å². The minimum Gasteiger partial charge on any atom is -0.481 e. The summed E-state index contributed by atoms with van der Waals surface area (Å²) in [5.41, 5.74) is -1.59. The van der Waals surface area contributed by atoms with Gasteiger partial charge in [0.25, 0.3) is 0 Å². The van der Waals surface area contributed by atoms with Crippen molar-refractivity contribution in [2.45, 2.75) is 128 Å². The van der Waals surface area contributed by atoms with Gasteiger partial charge in [-0.2, -0.15) is 0 Å². The second-order valence-electron chi connectivity index (χ2n) is 13.2. The number of carboxylic acids is 1. The van der Waals surface area contributed by atoms with E-state index in [-0.39, 0.29) is 31.3 Å². The van der Waals surface area contributed by atoms with Crippen LogP contribution in [0, 0.1) is 11.8 Å². The maximum Gasteiger partial charge on any atom is 0.414 e. The van der Waals surface area contributed by atoms with Gasteiger partial charge in [-0.25, -0.2) is 14.6 Å². The Balaban J connectivity index is 2.05. The van der Waals surface area contributed by atoms with Gasteiger partial charge in [0.15, 0.2) is 0 Å². The average Bonchev–Trinajstić information content (AvgIpc) is 2.86. The van der Waals surface area contributed by atoms with Crippen molar-refractivity contribution in [3.8, 4) is 0 Å². The highest BCUT2D eigenvalue weighted by molar-refractivity contribution is 6.22. The van der Waals surface area contributed by atoms with Crippen LogP contribution < -0.4 is 21.3 Å². The average molecular weight is 630 g/mol. The van der Waals surface area contributed by atoms with E-state index in [0.29, 0.717) is 12.8 Å². The number of hydrogen-bond donors (Lipinski definition) is 5. The van der Waals surface area contributed by atoms with E-state index in [2.05, 4.69) is 26.3 Å². The standard InChI is InChI=1S/C29H48ClN5O8/c1-28(2,3)42-26(40)34-25(35-27(41)43-29(4,5)6)32-18-12-13-20(30)19(14-18)24(39)31-16-22(36)33-21(15-23(37)38)17-10-8-7-9-11-17/h17-21H,7-16H2,1-6H3,(H,31,39)(H,33,36)(H,37,38)(H2,32,34,35,40,41). The quantitative estimate of drug-likeness (QED) is 0.152. The number of halogens is 1. The number of guanidine groups is 1. The molecule has 13 nitrogen and oxygen atoms in total. The number of carbonyl (C=O) groups is 5. The maximum absolute atomic E-state index is 13.1. The van der Waals surface area contributed by atoms with Crippen molar-refractivity contribution in [2.24, 2.45) is 16.8 Å². The third-order valence-corrected chi connectivity index (χ3v) is 7.53. The lowest BCUT2D eigenvalue weighted by Crippen LogP contribution is -2.49. The van der Waals surface area contributed by atoms with E-state index in [0.717, 1.165) is 32.1 Å². The van der Waals surface area contributed by atoms with Crippen molar-refractivity contribution in [3.63, 3.8) is 0 Å². The van der Waals surface area contributed by atoms with Gasteiger partial charge >= 0.3 is 18.2 Å². The minimum absolute atomic E-state index is 0.0893. The number of hydrogen-bond acceptors (Lipinski definition) is 8. The molecule has 0 spiro atoms.